The molecule has 2 saturated carbocycles. The molecule has 2 N–H and O–H groups in total. The first-order chi connectivity index (χ1) is 15.0. The monoisotopic (exact) mass is 424 g/mol. The lowest BCUT2D eigenvalue weighted by Crippen LogP contribution is -2.51. The van der Waals surface area contributed by atoms with Gasteiger partial charge in [0.15, 0.2) is 0 Å². The summed E-state index contributed by atoms with van der Waals surface area (Å²) >= 11 is 0. The van der Waals surface area contributed by atoms with E-state index in [1.54, 1.807) is 16.7 Å². The lowest BCUT2D eigenvalue weighted by molar-refractivity contribution is -0.117. The smallest absolute Gasteiger partial charge is 0.414 e. The van der Waals surface area contributed by atoms with E-state index < -0.39 is 0 Å². The van der Waals surface area contributed by atoms with Gasteiger partial charge in [-0.2, -0.15) is 0 Å². The Hall–Kier alpha value is -2.83. The van der Waals surface area contributed by atoms with Crippen molar-refractivity contribution >= 4 is 35.2 Å². The second kappa shape index (κ2) is 9.12. The molecule has 7 heteroatoms. The third-order valence-corrected chi connectivity index (χ3v) is 6.61. The zero-order chi connectivity index (χ0) is 22.0. The predicted molar refractivity (Wildman–Crippen MR) is 123 cm³/mol. The second-order valence-electron chi connectivity index (χ2n) is 8.88. The topological polar surface area (TPSA) is 85.7 Å². The quantitative estimate of drug-likeness (QED) is 0.684. The molecule has 2 fully saturated rings. The van der Waals surface area contributed by atoms with Gasteiger partial charge in [0.05, 0.1) is 17.4 Å². The lowest BCUT2D eigenvalue weighted by Gasteiger charge is -2.40. The third kappa shape index (κ3) is 4.45. The van der Waals surface area contributed by atoms with Gasteiger partial charge in [0.2, 0.25) is 5.91 Å². The van der Waals surface area contributed by atoms with Crippen LogP contribution in [0.15, 0.2) is 24.4 Å². The molecule has 0 bridgehead atoms. The van der Waals surface area contributed by atoms with Crippen LogP contribution in [0.25, 0.3) is 5.57 Å². The van der Waals surface area contributed by atoms with Crippen molar-refractivity contribution in [2.75, 3.05) is 16.3 Å². The van der Waals surface area contributed by atoms with Crippen molar-refractivity contribution in [2.45, 2.75) is 77.0 Å². The van der Waals surface area contributed by atoms with Crippen LogP contribution in [0, 0.1) is 5.41 Å². The first-order valence-corrected chi connectivity index (χ1v) is 11.4. The Kier molecular flexibility index (Phi) is 6.30. The third-order valence-electron chi connectivity index (χ3n) is 6.61. The number of nitrogens with zero attached hydrogens (tertiary/aromatic N) is 2. The average Bonchev–Trinajstić information content (AvgIpc) is 3.21. The number of nitrogens with one attached hydrogen (secondary N) is 2. The molecule has 1 aromatic carbocycles. The van der Waals surface area contributed by atoms with E-state index in [2.05, 4.69) is 5.32 Å². The Morgan fingerprint density at radius 1 is 1.13 bits per heavy atom. The molecule has 1 heterocycles. The SMILES string of the molecule is CC(=O)N1c2ccc(/C(C=N)=C/NC3CCC3)cc2N(C(=O)OC2CCCC2)CC1C. The normalized spacial score (nSPS) is 22.0. The van der Waals surface area contributed by atoms with Gasteiger partial charge in [0, 0.05) is 37.5 Å². The van der Waals surface area contributed by atoms with Crippen molar-refractivity contribution in [1.82, 2.24) is 5.32 Å². The average molecular weight is 425 g/mol. The maximum absolute atomic E-state index is 13.1. The van der Waals surface area contributed by atoms with E-state index in [1.165, 1.54) is 12.6 Å². The van der Waals surface area contributed by atoms with Crippen LogP contribution in [0.5, 0.6) is 0 Å². The summed E-state index contributed by atoms with van der Waals surface area (Å²) in [7, 11) is 0. The van der Waals surface area contributed by atoms with Crippen LogP contribution < -0.4 is 15.1 Å². The van der Waals surface area contributed by atoms with E-state index in [0.29, 0.717) is 24.0 Å². The maximum atomic E-state index is 13.1. The Morgan fingerprint density at radius 2 is 1.87 bits per heavy atom. The number of rotatable bonds is 5. The van der Waals surface area contributed by atoms with Crippen LogP contribution in [0.3, 0.4) is 0 Å². The summed E-state index contributed by atoms with van der Waals surface area (Å²) in [5.41, 5.74) is 2.93. The standard InChI is InChI=1S/C24H32N4O3/c1-16-15-27(24(30)31-21-8-3-4-9-21)23-12-18(10-11-22(23)28(16)17(2)29)19(13-25)14-26-20-6-5-7-20/h10-14,16,20-21,25-26H,3-9,15H2,1-2H3/b19-14+,25-13?. The van der Waals surface area contributed by atoms with E-state index in [4.69, 9.17) is 10.1 Å². The molecule has 4 rings (SSSR count). The molecule has 0 saturated heterocycles. The van der Waals surface area contributed by atoms with Crippen LogP contribution in [0.1, 0.15) is 64.4 Å². The Labute approximate surface area is 183 Å². The number of allylic oxidation sites excluding steroid dienone is 1. The van der Waals surface area contributed by atoms with Crippen molar-refractivity contribution in [2.24, 2.45) is 0 Å². The molecule has 166 valence electrons. The van der Waals surface area contributed by atoms with Crippen LogP contribution in [0.4, 0.5) is 16.2 Å². The van der Waals surface area contributed by atoms with Gasteiger partial charge in [0.1, 0.15) is 6.10 Å². The highest BCUT2D eigenvalue weighted by Gasteiger charge is 2.35. The molecule has 7 nitrogen and oxygen atoms in total. The number of amides is 2. The maximum Gasteiger partial charge on any atom is 0.414 e. The summed E-state index contributed by atoms with van der Waals surface area (Å²) in [5.74, 6) is -0.0558. The fourth-order valence-electron chi connectivity index (χ4n) is 4.66. The summed E-state index contributed by atoms with van der Waals surface area (Å²) in [5, 5.41) is 11.3. The van der Waals surface area contributed by atoms with Gasteiger partial charge >= 0.3 is 6.09 Å². The van der Waals surface area contributed by atoms with Crippen LogP contribution >= 0.6 is 0 Å². The van der Waals surface area contributed by atoms with E-state index in [9.17, 15) is 9.59 Å². The summed E-state index contributed by atoms with van der Waals surface area (Å²) < 4.78 is 5.79. The molecule has 3 aliphatic rings. The van der Waals surface area contributed by atoms with E-state index in [-0.39, 0.29) is 24.1 Å². The zero-order valence-corrected chi connectivity index (χ0v) is 18.4. The van der Waals surface area contributed by atoms with Crippen molar-refractivity contribution in [3.05, 3.63) is 30.0 Å². The minimum Gasteiger partial charge on any atom is -0.446 e. The first-order valence-electron chi connectivity index (χ1n) is 11.4. The number of carbonyl (C=O) groups excluding carboxylic acids is 2. The number of hydrogen-bond acceptors (Lipinski definition) is 5. The fraction of sp³-hybridized carbons (Fsp3) is 0.542. The molecule has 1 unspecified atom stereocenters. The van der Waals surface area contributed by atoms with Gasteiger partial charge in [-0.25, -0.2) is 4.79 Å². The minimum atomic E-state index is -0.353. The number of fused-ring (bicyclic) bond motifs is 1. The van der Waals surface area contributed by atoms with Crippen LogP contribution in [-0.2, 0) is 9.53 Å². The van der Waals surface area contributed by atoms with Gasteiger partial charge < -0.3 is 20.4 Å². The Bertz CT molecular complexity index is 887. The fourth-order valence-corrected chi connectivity index (χ4v) is 4.66. The summed E-state index contributed by atoms with van der Waals surface area (Å²) in [6, 6.07) is 6.00. The summed E-state index contributed by atoms with van der Waals surface area (Å²) in [4.78, 5) is 28.8. The molecule has 1 aliphatic heterocycles. The van der Waals surface area contributed by atoms with E-state index in [0.717, 1.165) is 49.7 Å². The molecule has 31 heavy (non-hydrogen) atoms. The number of carbonyl (C=O) groups is 2. The summed E-state index contributed by atoms with van der Waals surface area (Å²) in [6.07, 6.45) is 10.4. The van der Waals surface area contributed by atoms with Gasteiger partial charge in [-0.05, 0) is 69.6 Å². The zero-order valence-electron chi connectivity index (χ0n) is 18.4. The molecule has 0 aromatic heterocycles. The van der Waals surface area contributed by atoms with Gasteiger partial charge in [-0.3, -0.25) is 9.69 Å². The highest BCUT2D eigenvalue weighted by molar-refractivity contribution is 6.10. The molecule has 0 radical (unpaired) electrons. The number of anilines is 2. The minimum absolute atomic E-state index is 0.0241. The Balaban J connectivity index is 1.66. The first kappa shape index (κ1) is 21.4. The summed E-state index contributed by atoms with van der Waals surface area (Å²) in [6.45, 7) is 3.87. The van der Waals surface area contributed by atoms with Crippen molar-refractivity contribution in [1.29, 1.82) is 5.41 Å². The number of ether oxygens (including phenoxy) is 1. The number of hydrogen-bond donors (Lipinski definition) is 2. The highest BCUT2D eigenvalue weighted by atomic mass is 16.6. The Morgan fingerprint density at radius 3 is 2.48 bits per heavy atom. The highest BCUT2D eigenvalue weighted by Crippen LogP contribution is 2.38. The van der Waals surface area contributed by atoms with Gasteiger partial charge in [-0.15, -0.1) is 0 Å². The number of benzene rings is 1. The molecular formula is C24H32N4O3. The van der Waals surface area contributed by atoms with Crippen molar-refractivity contribution in [3.8, 4) is 0 Å². The van der Waals surface area contributed by atoms with Gasteiger partial charge in [-0.1, -0.05) is 6.07 Å². The largest absolute Gasteiger partial charge is 0.446 e. The molecule has 2 aliphatic carbocycles. The van der Waals surface area contributed by atoms with Crippen LogP contribution in [0.2, 0.25) is 0 Å². The van der Waals surface area contributed by atoms with E-state index >= 15 is 0 Å². The molecular weight excluding hydrogens is 392 g/mol. The van der Waals surface area contributed by atoms with Gasteiger partial charge in [0.25, 0.3) is 0 Å². The molecule has 1 atom stereocenters. The van der Waals surface area contributed by atoms with Crippen molar-refractivity contribution in [3.63, 3.8) is 0 Å². The second-order valence-corrected chi connectivity index (χ2v) is 8.88. The predicted octanol–water partition coefficient (Wildman–Crippen LogP) is 4.46. The molecule has 2 amide bonds. The van der Waals surface area contributed by atoms with Crippen LogP contribution in [-0.4, -0.2) is 42.9 Å². The van der Waals surface area contributed by atoms with Crippen molar-refractivity contribution < 1.29 is 14.3 Å². The molecule has 0 spiro atoms. The molecule has 1 aromatic rings. The van der Waals surface area contributed by atoms with E-state index in [1.807, 2.05) is 31.3 Å². The lowest BCUT2D eigenvalue weighted by atomic mass is 9.93.